The average Bonchev–Trinajstić information content (AvgIpc) is 3.19. The fraction of sp³-hybridized carbons (Fsp3) is 0.409. The zero-order valence-electron chi connectivity index (χ0n) is 15.9. The molecular formula is C22H25S2Zr-. The Labute approximate surface area is 174 Å². The van der Waals surface area contributed by atoms with Gasteiger partial charge in [-0.25, -0.2) is 6.08 Å². The van der Waals surface area contributed by atoms with Crippen molar-refractivity contribution in [1.82, 2.24) is 0 Å². The number of hydrogen-bond donors (Lipinski definition) is 0. The summed E-state index contributed by atoms with van der Waals surface area (Å²) in [5, 5.41) is 1.88. The van der Waals surface area contributed by atoms with E-state index >= 15 is 0 Å². The molecule has 0 amide bonds. The third-order valence-corrected chi connectivity index (χ3v) is 6.60. The molecule has 0 saturated carbocycles. The normalized spacial score (nSPS) is 20.7. The first-order chi connectivity index (χ1) is 11.8. The van der Waals surface area contributed by atoms with Crippen LogP contribution in [-0.4, -0.2) is 8.46 Å². The van der Waals surface area contributed by atoms with Gasteiger partial charge in [0, 0.05) is 0 Å². The van der Waals surface area contributed by atoms with Crippen molar-refractivity contribution in [2.24, 2.45) is 5.92 Å². The van der Waals surface area contributed by atoms with Crippen molar-refractivity contribution < 1.29 is 24.2 Å². The standard InChI is InChI=1S/C19H19S2.C3H6.Zr/c1-10(2)13-5-6-14(8-13)18-12(4)21-17-9-16-15(19(17)18)7-11(3)20-16;1-3-2;/h5,7-8,10,17H,6H2,1-4H3;1-2H3;/q-1;;. The van der Waals surface area contributed by atoms with Gasteiger partial charge in [-0.3, -0.25) is 0 Å². The second kappa shape index (κ2) is 7.79. The van der Waals surface area contributed by atoms with E-state index in [0.29, 0.717) is 11.2 Å². The predicted molar refractivity (Wildman–Crippen MR) is 111 cm³/mol. The topological polar surface area (TPSA) is 0 Å². The molecule has 4 rings (SSSR count). The molecule has 0 N–H and O–H groups in total. The molecular weight excluding hydrogens is 420 g/mol. The van der Waals surface area contributed by atoms with Gasteiger partial charge in [0.05, 0.1) is 0 Å². The summed E-state index contributed by atoms with van der Waals surface area (Å²) in [7, 11) is 0. The van der Waals surface area contributed by atoms with Crippen LogP contribution in [0.4, 0.5) is 0 Å². The van der Waals surface area contributed by atoms with Gasteiger partial charge in [0.15, 0.2) is 0 Å². The van der Waals surface area contributed by atoms with Crippen LogP contribution in [0.25, 0.3) is 11.6 Å². The number of aryl methyl sites for hydroxylation is 1. The first kappa shape index (κ1) is 19.5. The van der Waals surface area contributed by atoms with E-state index in [0.717, 1.165) is 6.42 Å². The molecule has 0 nitrogen and oxygen atoms in total. The minimum absolute atomic E-state index is 0.436. The summed E-state index contributed by atoms with van der Waals surface area (Å²) in [5.74, 6) is 0.624. The summed E-state index contributed by atoms with van der Waals surface area (Å²) in [4.78, 5) is 2.87. The molecule has 1 aromatic heterocycles. The molecule has 1 aromatic rings. The molecule has 0 radical (unpaired) electrons. The summed E-state index contributed by atoms with van der Waals surface area (Å²) in [6, 6.07) is 2.35. The van der Waals surface area contributed by atoms with Crippen molar-refractivity contribution in [1.29, 1.82) is 0 Å². The Hall–Kier alpha value is -0.237. The van der Waals surface area contributed by atoms with Crippen molar-refractivity contribution >= 4 is 38.0 Å². The molecule has 3 heteroatoms. The van der Waals surface area contributed by atoms with Crippen molar-refractivity contribution in [3.8, 4) is 0 Å². The Bertz CT molecular complexity index is 931. The zero-order valence-corrected chi connectivity index (χ0v) is 20.0. The molecule has 1 aliphatic heterocycles. The Kier molecular flexibility index (Phi) is 6.08. The molecule has 0 bridgehead atoms. The predicted octanol–water partition coefficient (Wildman–Crippen LogP) is 4.93. The average molecular weight is 445 g/mol. The number of thiophene rings is 1. The van der Waals surface area contributed by atoms with Crippen molar-refractivity contribution in [2.45, 2.75) is 53.2 Å². The summed E-state index contributed by atoms with van der Waals surface area (Å²) in [6.45, 7) is 13.3. The molecule has 130 valence electrons. The Morgan fingerprint density at radius 3 is 2.56 bits per heavy atom. The van der Waals surface area contributed by atoms with E-state index in [-0.39, 0.29) is 0 Å². The molecule has 0 fully saturated rings. The Morgan fingerprint density at radius 2 is 1.96 bits per heavy atom. The van der Waals surface area contributed by atoms with E-state index in [2.05, 4.69) is 65.8 Å². The van der Waals surface area contributed by atoms with E-state index in [4.69, 9.17) is 0 Å². The second-order valence-corrected chi connectivity index (χ2v) is 12.4. The molecule has 0 saturated heterocycles. The third kappa shape index (κ3) is 4.04. The van der Waals surface area contributed by atoms with Gasteiger partial charge in [0.25, 0.3) is 0 Å². The van der Waals surface area contributed by atoms with Gasteiger partial charge in [0.1, 0.15) is 0 Å². The summed E-state index contributed by atoms with van der Waals surface area (Å²) < 4.78 is 2.87. The molecule has 1 atom stereocenters. The molecule has 2 heterocycles. The maximum atomic E-state index is 3.69. The van der Waals surface area contributed by atoms with Crippen LogP contribution in [0, 0.1) is 12.8 Å². The first-order valence-corrected chi connectivity index (χ1v) is 11.7. The van der Waals surface area contributed by atoms with E-state index in [1.165, 1.54) is 45.0 Å². The monoisotopic (exact) mass is 443 g/mol. The number of rotatable bonds is 2. The number of thioether (sulfide) groups is 1. The first-order valence-electron chi connectivity index (χ1n) is 8.82. The van der Waals surface area contributed by atoms with E-state index in [1.54, 1.807) is 24.2 Å². The second-order valence-electron chi connectivity index (χ2n) is 7.32. The fourth-order valence-corrected chi connectivity index (χ4v) is 5.74. The van der Waals surface area contributed by atoms with E-state index < -0.39 is 0 Å². The van der Waals surface area contributed by atoms with E-state index in [9.17, 15) is 0 Å². The van der Waals surface area contributed by atoms with Crippen LogP contribution in [-0.2, 0) is 24.2 Å². The van der Waals surface area contributed by atoms with Gasteiger partial charge in [-0.2, -0.15) is 16.6 Å². The van der Waals surface area contributed by atoms with Gasteiger partial charge < -0.3 is 0 Å². The number of hydrogen-bond acceptors (Lipinski definition) is 2. The Morgan fingerprint density at radius 1 is 1.28 bits per heavy atom. The molecule has 2 aliphatic carbocycles. The van der Waals surface area contributed by atoms with Crippen molar-refractivity contribution in [3.63, 3.8) is 0 Å². The van der Waals surface area contributed by atoms with Gasteiger partial charge in [0.2, 0.25) is 0 Å². The zero-order chi connectivity index (χ0) is 18.3. The number of fused-ring (bicyclic) bond motifs is 2. The molecule has 1 unspecified atom stereocenters. The fourth-order valence-electron chi connectivity index (χ4n) is 3.46. The van der Waals surface area contributed by atoms with E-state index in [1.807, 2.05) is 23.1 Å². The van der Waals surface area contributed by atoms with Crippen LogP contribution >= 0.6 is 23.1 Å². The van der Waals surface area contributed by atoms with Gasteiger partial charge in [-0.1, -0.05) is 26.0 Å². The SMILES string of the molecule is CC1=C(C2=CC(C(C)C)=CC2)C2=c3cc(C)sc3=[C-]C2S1.C[C](C)=[Zr]. The summed E-state index contributed by atoms with van der Waals surface area (Å²) >= 11 is 5.42. The van der Waals surface area contributed by atoms with Gasteiger partial charge in [-0.15, -0.1) is 27.9 Å². The third-order valence-electron chi connectivity index (χ3n) is 4.47. The quantitative estimate of drug-likeness (QED) is 0.583. The summed E-state index contributed by atoms with van der Waals surface area (Å²) in [6.07, 6.45) is 9.62. The van der Waals surface area contributed by atoms with Crippen LogP contribution in [0.1, 0.15) is 45.9 Å². The molecule has 0 aromatic carbocycles. The molecule has 25 heavy (non-hydrogen) atoms. The Balaban J connectivity index is 0.000000415. The van der Waals surface area contributed by atoms with Crippen LogP contribution in [0.5, 0.6) is 0 Å². The summed E-state index contributed by atoms with van der Waals surface area (Å²) in [5.41, 5.74) is 6.05. The van der Waals surface area contributed by atoms with Crippen molar-refractivity contribution in [3.05, 3.63) is 54.5 Å². The van der Waals surface area contributed by atoms with Crippen LogP contribution in [0.3, 0.4) is 0 Å². The molecule has 0 spiro atoms. The van der Waals surface area contributed by atoms with Crippen LogP contribution in [0.15, 0.2) is 39.8 Å². The number of allylic oxidation sites excluding steroid dienone is 6. The van der Waals surface area contributed by atoms with Gasteiger partial charge >= 0.3 is 41.3 Å². The van der Waals surface area contributed by atoms with Gasteiger partial charge in [-0.05, 0) is 57.9 Å². The molecule has 3 aliphatic rings. The van der Waals surface area contributed by atoms with Crippen LogP contribution in [0.2, 0.25) is 0 Å². The minimum atomic E-state index is 0.436. The van der Waals surface area contributed by atoms with Crippen molar-refractivity contribution in [2.75, 3.05) is 0 Å². The van der Waals surface area contributed by atoms with Crippen LogP contribution < -0.4 is 9.75 Å². The maximum absolute atomic E-state index is 3.69.